The number of hydrogen-bond donors (Lipinski definition) is 3. The molecule has 1 amide bonds. The van der Waals surface area contributed by atoms with Crippen LogP contribution >= 0.6 is 11.3 Å². The second-order valence-corrected chi connectivity index (χ2v) is 6.95. The summed E-state index contributed by atoms with van der Waals surface area (Å²) in [6, 6.07) is 8.87. The number of nitrogens with one attached hydrogen (secondary N) is 1. The van der Waals surface area contributed by atoms with E-state index in [1.165, 1.54) is 0 Å². The van der Waals surface area contributed by atoms with E-state index in [-0.39, 0.29) is 15.6 Å². The minimum absolute atomic E-state index is 0.132. The summed E-state index contributed by atoms with van der Waals surface area (Å²) < 4.78 is 25.2. The summed E-state index contributed by atoms with van der Waals surface area (Å²) in [6.45, 7) is 0. The zero-order valence-electron chi connectivity index (χ0n) is 10.6. The Hall–Kier alpha value is -2.06. The van der Waals surface area contributed by atoms with E-state index in [2.05, 4.69) is 4.72 Å². The molecule has 1 heterocycles. The number of nitrogen functional groups attached to an aromatic ring is 1. The maximum atomic E-state index is 11.6. The van der Waals surface area contributed by atoms with E-state index < -0.39 is 15.9 Å². The third-order valence-corrected chi connectivity index (χ3v) is 4.16. The predicted octanol–water partition coefficient (Wildman–Crippen LogP) is 1.47. The number of rotatable bonds is 4. The normalized spacial score (nSPS) is 11.2. The highest BCUT2D eigenvalue weighted by Gasteiger charge is 2.23. The highest BCUT2D eigenvalue weighted by molar-refractivity contribution is 7.92. The number of benzene rings is 1. The van der Waals surface area contributed by atoms with Gasteiger partial charge in [-0.3, -0.25) is 9.52 Å². The van der Waals surface area contributed by atoms with Crippen molar-refractivity contribution in [2.75, 3.05) is 16.7 Å². The van der Waals surface area contributed by atoms with Crippen LogP contribution in [0.4, 0.5) is 10.0 Å². The summed E-state index contributed by atoms with van der Waals surface area (Å²) in [7, 11) is -3.48. The average Bonchev–Trinajstić information content (AvgIpc) is 2.64. The van der Waals surface area contributed by atoms with E-state index in [9.17, 15) is 13.2 Å². The molecule has 2 aromatic rings. The van der Waals surface area contributed by atoms with Gasteiger partial charge in [0.05, 0.1) is 11.8 Å². The van der Waals surface area contributed by atoms with Crippen molar-refractivity contribution >= 4 is 37.3 Å². The van der Waals surface area contributed by atoms with Gasteiger partial charge >= 0.3 is 0 Å². The molecule has 106 valence electrons. The second-order valence-electron chi connectivity index (χ2n) is 4.15. The van der Waals surface area contributed by atoms with Gasteiger partial charge < -0.3 is 11.5 Å². The first kappa shape index (κ1) is 14.4. The molecule has 0 unspecified atom stereocenters. The zero-order chi connectivity index (χ0) is 14.9. The van der Waals surface area contributed by atoms with E-state index in [4.69, 9.17) is 11.5 Å². The van der Waals surface area contributed by atoms with Crippen LogP contribution in [0.3, 0.4) is 0 Å². The number of sulfonamides is 1. The predicted molar refractivity (Wildman–Crippen MR) is 81.2 cm³/mol. The van der Waals surface area contributed by atoms with Gasteiger partial charge in [0, 0.05) is 5.56 Å². The molecule has 0 bridgehead atoms. The molecule has 0 saturated carbocycles. The maximum Gasteiger partial charge on any atom is 0.252 e. The minimum atomic E-state index is -3.48. The number of thiophene rings is 1. The molecule has 0 aliphatic rings. The molecule has 0 radical (unpaired) electrons. The van der Waals surface area contributed by atoms with Crippen molar-refractivity contribution in [3.63, 3.8) is 0 Å². The fourth-order valence-corrected chi connectivity index (χ4v) is 3.72. The van der Waals surface area contributed by atoms with E-state index >= 15 is 0 Å². The third kappa shape index (κ3) is 2.91. The molecule has 20 heavy (non-hydrogen) atoms. The Balaban J connectivity index is 2.71. The molecule has 6 nitrogen and oxygen atoms in total. The monoisotopic (exact) mass is 311 g/mol. The maximum absolute atomic E-state index is 11.6. The molecule has 0 fully saturated rings. The van der Waals surface area contributed by atoms with Crippen molar-refractivity contribution in [3.05, 3.63) is 35.9 Å². The van der Waals surface area contributed by atoms with Crippen LogP contribution < -0.4 is 16.2 Å². The number of nitrogens with two attached hydrogens (primary N) is 2. The lowest BCUT2D eigenvalue weighted by Gasteiger charge is -2.07. The SMILES string of the molecule is CS(=O)(=O)Nc1sc(N)c(C(N)=O)c1-c1ccccc1. The summed E-state index contributed by atoms with van der Waals surface area (Å²) in [4.78, 5) is 11.6. The van der Waals surface area contributed by atoms with Gasteiger partial charge in [-0.2, -0.15) is 0 Å². The first-order valence-electron chi connectivity index (χ1n) is 5.55. The molecular weight excluding hydrogens is 298 g/mol. The molecule has 2 rings (SSSR count). The highest BCUT2D eigenvalue weighted by atomic mass is 32.2. The highest BCUT2D eigenvalue weighted by Crippen LogP contribution is 2.42. The fraction of sp³-hybridized carbons (Fsp3) is 0.0833. The number of carbonyl (C=O) groups is 1. The Bertz CT molecular complexity index is 752. The largest absolute Gasteiger partial charge is 0.390 e. The van der Waals surface area contributed by atoms with Gasteiger partial charge in [0.25, 0.3) is 5.91 Å². The van der Waals surface area contributed by atoms with Crippen molar-refractivity contribution in [1.29, 1.82) is 0 Å². The first-order valence-corrected chi connectivity index (χ1v) is 8.25. The number of carbonyl (C=O) groups excluding carboxylic acids is 1. The lowest BCUT2D eigenvalue weighted by molar-refractivity contribution is 0.100. The quantitative estimate of drug-likeness (QED) is 0.792. The Morgan fingerprint density at radius 1 is 1.25 bits per heavy atom. The van der Waals surface area contributed by atoms with Crippen LogP contribution in [-0.4, -0.2) is 20.6 Å². The van der Waals surface area contributed by atoms with Gasteiger partial charge in [-0.05, 0) is 5.56 Å². The number of amides is 1. The Morgan fingerprint density at radius 3 is 2.35 bits per heavy atom. The van der Waals surface area contributed by atoms with Crippen molar-refractivity contribution in [2.45, 2.75) is 0 Å². The Labute approximate surface area is 120 Å². The molecule has 0 aliphatic carbocycles. The third-order valence-electron chi connectivity index (χ3n) is 2.52. The average molecular weight is 311 g/mol. The van der Waals surface area contributed by atoms with Gasteiger partial charge in [-0.15, -0.1) is 0 Å². The van der Waals surface area contributed by atoms with Crippen LogP contribution in [0.5, 0.6) is 0 Å². The number of anilines is 2. The fourth-order valence-electron chi connectivity index (χ4n) is 1.81. The van der Waals surface area contributed by atoms with Crippen LogP contribution in [0.2, 0.25) is 0 Å². The first-order chi connectivity index (χ1) is 9.29. The van der Waals surface area contributed by atoms with Gasteiger partial charge in [0.2, 0.25) is 10.0 Å². The van der Waals surface area contributed by atoms with Crippen molar-refractivity contribution in [2.24, 2.45) is 5.73 Å². The van der Waals surface area contributed by atoms with Gasteiger partial charge in [-0.25, -0.2) is 8.42 Å². The van der Waals surface area contributed by atoms with Crippen LogP contribution in [0.1, 0.15) is 10.4 Å². The van der Waals surface area contributed by atoms with E-state index in [0.717, 1.165) is 17.6 Å². The molecule has 8 heteroatoms. The number of hydrogen-bond acceptors (Lipinski definition) is 5. The molecule has 0 atom stereocenters. The molecule has 0 spiro atoms. The molecular formula is C12H13N3O3S2. The second kappa shape index (κ2) is 5.14. The topological polar surface area (TPSA) is 115 Å². The van der Waals surface area contributed by atoms with Gasteiger partial charge in [-0.1, -0.05) is 41.7 Å². The molecule has 0 saturated heterocycles. The standard InChI is InChI=1S/C12H13N3O3S2/c1-20(17,18)15-12-8(7-5-3-2-4-6-7)9(10(13)16)11(14)19-12/h2-6,15H,14H2,1H3,(H2,13,16). The van der Waals surface area contributed by atoms with Crippen molar-refractivity contribution in [1.82, 2.24) is 0 Å². The molecule has 1 aromatic carbocycles. The smallest absolute Gasteiger partial charge is 0.252 e. The van der Waals surface area contributed by atoms with Crippen LogP contribution in [-0.2, 0) is 10.0 Å². The number of primary amides is 1. The summed E-state index contributed by atoms with van der Waals surface area (Å²) in [5.74, 6) is -0.695. The van der Waals surface area contributed by atoms with Gasteiger partial charge in [0.1, 0.15) is 10.0 Å². The summed E-state index contributed by atoms with van der Waals surface area (Å²) in [6.07, 6.45) is 1.03. The summed E-state index contributed by atoms with van der Waals surface area (Å²) in [5, 5.41) is 0.465. The zero-order valence-corrected chi connectivity index (χ0v) is 12.2. The lowest BCUT2D eigenvalue weighted by Crippen LogP contribution is -2.14. The molecule has 0 aliphatic heterocycles. The van der Waals surface area contributed by atoms with Crippen LogP contribution in [0.25, 0.3) is 11.1 Å². The van der Waals surface area contributed by atoms with Crippen LogP contribution in [0, 0.1) is 0 Å². The molecule has 5 N–H and O–H groups in total. The summed E-state index contributed by atoms with van der Waals surface area (Å²) in [5.41, 5.74) is 12.3. The van der Waals surface area contributed by atoms with Gasteiger partial charge in [0.15, 0.2) is 0 Å². The Kier molecular flexibility index (Phi) is 3.69. The molecule has 1 aromatic heterocycles. The summed E-state index contributed by atoms with van der Waals surface area (Å²) >= 11 is 0.978. The lowest BCUT2D eigenvalue weighted by atomic mass is 10.0. The Morgan fingerprint density at radius 2 is 1.85 bits per heavy atom. The van der Waals surface area contributed by atoms with Crippen molar-refractivity contribution < 1.29 is 13.2 Å². The van der Waals surface area contributed by atoms with Crippen LogP contribution in [0.15, 0.2) is 30.3 Å². The van der Waals surface area contributed by atoms with Crippen molar-refractivity contribution in [3.8, 4) is 11.1 Å². The van der Waals surface area contributed by atoms with E-state index in [1.807, 2.05) is 6.07 Å². The minimum Gasteiger partial charge on any atom is -0.390 e. The van der Waals surface area contributed by atoms with E-state index in [1.54, 1.807) is 24.3 Å². The van der Waals surface area contributed by atoms with E-state index in [0.29, 0.717) is 11.1 Å².